The lowest BCUT2D eigenvalue weighted by atomic mass is 10.0. The Labute approximate surface area is 187 Å². The van der Waals surface area contributed by atoms with Crippen molar-refractivity contribution in [2.75, 3.05) is 30.8 Å². The topological polar surface area (TPSA) is 53.1 Å². The van der Waals surface area contributed by atoms with E-state index in [2.05, 4.69) is 33.8 Å². The van der Waals surface area contributed by atoms with Gasteiger partial charge in [0.05, 0.1) is 11.6 Å². The summed E-state index contributed by atoms with van der Waals surface area (Å²) in [6, 6.07) is 24.1. The van der Waals surface area contributed by atoms with Crippen molar-refractivity contribution in [1.29, 1.82) is 0 Å². The molecular weight excluding hydrogens is 401 g/mol. The van der Waals surface area contributed by atoms with E-state index in [0.29, 0.717) is 12.5 Å². The normalized spacial score (nSPS) is 19.1. The van der Waals surface area contributed by atoms with E-state index in [9.17, 15) is 4.39 Å². The molecule has 5 nitrogen and oxygen atoms in total. The van der Waals surface area contributed by atoms with E-state index in [1.807, 2.05) is 72.7 Å². The zero-order chi connectivity index (χ0) is 21.9. The molecule has 4 aromatic rings. The third kappa shape index (κ3) is 4.41. The van der Waals surface area contributed by atoms with E-state index in [-0.39, 0.29) is 6.04 Å². The first-order chi connectivity index (χ1) is 15.7. The average Bonchev–Trinajstić information content (AvgIpc) is 2.82. The molecule has 0 aliphatic carbocycles. The maximum atomic E-state index is 14.3. The fraction of sp³-hybridized carbons (Fsp3) is 0.231. The van der Waals surface area contributed by atoms with Crippen LogP contribution in [0.25, 0.3) is 22.0 Å². The van der Waals surface area contributed by atoms with Gasteiger partial charge in [-0.3, -0.25) is 0 Å². The van der Waals surface area contributed by atoms with Crippen molar-refractivity contribution in [3.63, 3.8) is 0 Å². The van der Waals surface area contributed by atoms with Gasteiger partial charge in [-0.1, -0.05) is 48.5 Å². The molecule has 6 heteroatoms. The second-order valence-electron chi connectivity index (χ2n) is 8.32. The maximum Gasteiger partial charge on any atom is 0.227 e. The molecule has 2 atom stereocenters. The van der Waals surface area contributed by atoms with Crippen LogP contribution < -0.4 is 10.6 Å². The quantitative estimate of drug-likeness (QED) is 0.441. The van der Waals surface area contributed by atoms with Crippen LogP contribution in [0.3, 0.4) is 0 Å². The molecule has 1 aliphatic rings. The molecular formula is C26H26FN5. The Morgan fingerprint density at radius 2 is 1.72 bits per heavy atom. The van der Waals surface area contributed by atoms with Crippen LogP contribution in [-0.4, -0.2) is 47.2 Å². The van der Waals surface area contributed by atoms with Gasteiger partial charge in [-0.2, -0.15) is 0 Å². The lowest BCUT2D eigenvalue weighted by molar-refractivity contribution is 0.149. The van der Waals surface area contributed by atoms with Crippen LogP contribution in [0, 0.1) is 0 Å². The highest BCUT2D eigenvalue weighted by Gasteiger charge is 2.27. The molecule has 32 heavy (non-hydrogen) atoms. The van der Waals surface area contributed by atoms with Gasteiger partial charge in [-0.05, 0) is 43.3 Å². The monoisotopic (exact) mass is 427 g/mol. The molecule has 1 fully saturated rings. The molecule has 162 valence electrons. The minimum absolute atomic E-state index is 0.148. The molecule has 0 spiro atoms. The molecule has 0 saturated carbocycles. The summed E-state index contributed by atoms with van der Waals surface area (Å²) < 4.78 is 14.3. The van der Waals surface area contributed by atoms with Gasteiger partial charge in [0.25, 0.3) is 0 Å². The number of hydrogen-bond donors (Lipinski definition) is 2. The molecule has 1 aromatic heterocycles. The van der Waals surface area contributed by atoms with Crippen LogP contribution in [0.4, 0.5) is 21.7 Å². The molecule has 1 saturated heterocycles. The minimum atomic E-state index is -0.864. The number of anilines is 3. The van der Waals surface area contributed by atoms with Crippen molar-refractivity contribution in [3.8, 4) is 11.1 Å². The summed E-state index contributed by atoms with van der Waals surface area (Å²) in [6.45, 7) is 1.38. The van der Waals surface area contributed by atoms with Crippen LogP contribution in [-0.2, 0) is 0 Å². The summed E-state index contributed by atoms with van der Waals surface area (Å²) >= 11 is 0. The largest absolute Gasteiger partial charge is 0.379 e. The van der Waals surface area contributed by atoms with E-state index in [4.69, 9.17) is 4.98 Å². The number of likely N-dealkylation sites (tertiary alicyclic amines) is 1. The smallest absolute Gasteiger partial charge is 0.227 e. The molecule has 2 N–H and O–H groups in total. The van der Waals surface area contributed by atoms with Crippen LogP contribution in [0.1, 0.15) is 6.42 Å². The number of piperidine rings is 1. The zero-order valence-corrected chi connectivity index (χ0v) is 18.0. The van der Waals surface area contributed by atoms with Crippen LogP contribution >= 0.6 is 0 Å². The predicted molar refractivity (Wildman–Crippen MR) is 129 cm³/mol. The van der Waals surface area contributed by atoms with Gasteiger partial charge < -0.3 is 15.5 Å². The number of hydrogen-bond acceptors (Lipinski definition) is 5. The number of aromatic nitrogens is 2. The first kappa shape index (κ1) is 20.4. The number of alkyl halides is 1. The van der Waals surface area contributed by atoms with Crippen molar-refractivity contribution in [2.45, 2.75) is 18.6 Å². The second kappa shape index (κ2) is 8.93. The number of nitrogens with zero attached hydrogens (tertiary/aromatic N) is 3. The fourth-order valence-corrected chi connectivity index (χ4v) is 4.18. The van der Waals surface area contributed by atoms with Crippen molar-refractivity contribution in [3.05, 3.63) is 79.0 Å². The molecule has 0 radical (unpaired) electrons. The Balaban J connectivity index is 1.33. The Bertz CT molecular complexity index is 1200. The number of benzene rings is 3. The summed E-state index contributed by atoms with van der Waals surface area (Å²) in [7, 11) is 1.96. The fourth-order valence-electron chi connectivity index (χ4n) is 4.18. The number of fused-ring (bicyclic) bond motifs is 1. The lowest BCUT2D eigenvalue weighted by Gasteiger charge is -2.33. The minimum Gasteiger partial charge on any atom is -0.379 e. The Hall–Kier alpha value is -3.51. The van der Waals surface area contributed by atoms with Gasteiger partial charge in [0.15, 0.2) is 0 Å². The highest BCUT2D eigenvalue weighted by molar-refractivity contribution is 5.93. The number of rotatable bonds is 5. The molecule has 2 heterocycles. The zero-order valence-electron chi connectivity index (χ0n) is 18.0. The molecule has 0 bridgehead atoms. The molecule has 3 aromatic carbocycles. The van der Waals surface area contributed by atoms with Gasteiger partial charge in [-0.25, -0.2) is 14.4 Å². The molecule has 5 rings (SSSR count). The number of halogens is 1. The summed E-state index contributed by atoms with van der Waals surface area (Å²) in [5.74, 6) is 0.542. The van der Waals surface area contributed by atoms with Gasteiger partial charge >= 0.3 is 0 Å². The number of para-hydroxylation sites is 1. The second-order valence-corrected chi connectivity index (χ2v) is 8.32. The van der Waals surface area contributed by atoms with Gasteiger partial charge in [0.1, 0.15) is 6.17 Å². The SMILES string of the molecule is CN1CC[C@@H](Nc2ccc(Nc3ncc4cccc(-c5ccccc5)c4n3)cc2)[C@@H](F)C1. The molecule has 0 unspecified atom stereocenters. The Kier molecular flexibility index (Phi) is 5.69. The predicted octanol–water partition coefficient (Wildman–Crippen LogP) is 5.49. The average molecular weight is 428 g/mol. The lowest BCUT2D eigenvalue weighted by Crippen LogP contribution is -2.46. The highest BCUT2D eigenvalue weighted by atomic mass is 19.1. The third-order valence-electron chi connectivity index (χ3n) is 5.93. The van der Waals surface area contributed by atoms with Crippen LogP contribution in [0.15, 0.2) is 79.0 Å². The Morgan fingerprint density at radius 1 is 0.938 bits per heavy atom. The summed E-state index contributed by atoms with van der Waals surface area (Å²) in [6.07, 6.45) is 1.78. The van der Waals surface area contributed by atoms with Crippen molar-refractivity contribution in [2.24, 2.45) is 0 Å². The molecule has 1 aliphatic heterocycles. The van der Waals surface area contributed by atoms with Gasteiger partial charge in [0.2, 0.25) is 5.95 Å². The third-order valence-corrected chi connectivity index (χ3v) is 5.93. The van der Waals surface area contributed by atoms with Crippen molar-refractivity contribution in [1.82, 2.24) is 14.9 Å². The first-order valence-corrected chi connectivity index (χ1v) is 10.9. The first-order valence-electron chi connectivity index (χ1n) is 10.9. The summed E-state index contributed by atoms with van der Waals surface area (Å²) in [5, 5.41) is 7.62. The van der Waals surface area contributed by atoms with E-state index in [1.165, 1.54) is 0 Å². The number of nitrogens with one attached hydrogen (secondary N) is 2. The summed E-state index contributed by atoms with van der Waals surface area (Å²) in [5.41, 5.74) is 4.90. The Morgan fingerprint density at radius 3 is 2.50 bits per heavy atom. The van der Waals surface area contributed by atoms with E-state index >= 15 is 0 Å². The van der Waals surface area contributed by atoms with E-state index < -0.39 is 6.17 Å². The van der Waals surface area contributed by atoms with Gasteiger partial charge in [0, 0.05) is 41.6 Å². The van der Waals surface area contributed by atoms with Crippen molar-refractivity contribution < 1.29 is 4.39 Å². The van der Waals surface area contributed by atoms with E-state index in [1.54, 1.807) is 0 Å². The summed E-state index contributed by atoms with van der Waals surface area (Å²) in [4.78, 5) is 11.3. The molecule has 0 amide bonds. The van der Waals surface area contributed by atoms with Crippen LogP contribution in [0.2, 0.25) is 0 Å². The van der Waals surface area contributed by atoms with Crippen molar-refractivity contribution >= 4 is 28.2 Å². The van der Waals surface area contributed by atoms with Gasteiger partial charge in [-0.15, -0.1) is 0 Å². The highest BCUT2D eigenvalue weighted by Crippen LogP contribution is 2.28. The maximum absolute atomic E-state index is 14.3. The van der Waals surface area contributed by atoms with E-state index in [0.717, 1.165) is 46.4 Å². The standard InChI is InChI=1S/C26H26FN5/c1-32-15-14-24(23(27)17-32)29-20-10-12-21(13-11-20)30-26-28-16-19-8-5-9-22(25(19)31-26)18-6-3-2-4-7-18/h2-13,16,23-24,29H,14-15,17H2,1H3,(H,28,30,31)/t23-,24+/m0/s1. The van der Waals surface area contributed by atoms with Crippen LogP contribution in [0.5, 0.6) is 0 Å².